The standard InChI is InChI=1S/C12H7BrCl2N2O/c13-8-3-1-2-7(11(8)15)12(18)17-10-6-16-5-4-9(10)14/h1-6H,(H,17,18). The van der Waals surface area contributed by atoms with Gasteiger partial charge in [0.2, 0.25) is 0 Å². The van der Waals surface area contributed by atoms with E-state index in [-0.39, 0.29) is 5.91 Å². The summed E-state index contributed by atoms with van der Waals surface area (Å²) >= 11 is 15.2. The van der Waals surface area contributed by atoms with Crippen molar-refractivity contribution in [2.75, 3.05) is 5.32 Å². The minimum absolute atomic E-state index is 0.337. The number of anilines is 1. The van der Waals surface area contributed by atoms with Crippen LogP contribution in [0.4, 0.5) is 5.69 Å². The van der Waals surface area contributed by atoms with Crippen LogP contribution in [0.5, 0.6) is 0 Å². The fraction of sp³-hybridized carbons (Fsp3) is 0. The summed E-state index contributed by atoms with van der Waals surface area (Å²) < 4.78 is 0.661. The van der Waals surface area contributed by atoms with E-state index in [2.05, 4.69) is 26.2 Å². The van der Waals surface area contributed by atoms with Crippen molar-refractivity contribution >= 4 is 50.7 Å². The van der Waals surface area contributed by atoms with E-state index < -0.39 is 0 Å². The Bertz CT molecular complexity index is 604. The van der Waals surface area contributed by atoms with Crippen molar-refractivity contribution in [2.24, 2.45) is 0 Å². The Kier molecular flexibility index (Phi) is 4.22. The summed E-state index contributed by atoms with van der Waals surface area (Å²) in [7, 11) is 0. The molecule has 92 valence electrons. The van der Waals surface area contributed by atoms with Crippen LogP contribution in [-0.4, -0.2) is 10.9 Å². The maximum atomic E-state index is 12.0. The number of nitrogens with zero attached hydrogens (tertiary/aromatic N) is 1. The van der Waals surface area contributed by atoms with E-state index in [9.17, 15) is 4.79 Å². The third kappa shape index (κ3) is 2.83. The predicted octanol–water partition coefficient (Wildman–Crippen LogP) is 4.40. The number of halogens is 3. The molecule has 0 spiro atoms. The smallest absolute Gasteiger partial charge is 0.257 e. The summed E-state index contributed by atoms with van der Waals surface area (Å²) in [5, 5.41) is 3.43. The van der Waals surface area contributed by atoms with Gasteiger partial charge in [0, 0.05) is 10.7 Å². The zero-order valence-corrected chi connectivity index (χ0v) is 12.1. The first-order valence-electron chi connectivity index (χ1n) is 4.94. The summed E-state index contributed by atoms with van der Waals surface area (Å²) in [5.74, 6) is -0.337. The summed E-state index contributed by atoms with van der Waals surface area (Å²) in [4.78, 5) is 15.9. The first-order chi connectivity index (χ1) is 8.59. The molecule has 0 radical (unpaired) electrons. The number of nitrogens with one attached hydrogen (secondary N) is 1. The van der Waals surface area contributed by atoms with Crippen LogP contribution in [0.2, 0.25) is 10.0 Å². The fourth-order valence-corrected chi connectivity index (χ4v) is 2.07. The molecule has 1 N–H and O–H groups in total. The number of pyridine rings is 1. The molecule has 18 heavy (non-hydrogen) atoms. The van der Waals surface area contributed by atoms with Crippen molar-refractivity contribution in [3.05, 3.63) is 56.7 Å². The molecule has 1 heterocycles. The van der Waals surface area contributed by atoms with Crippen LogP contribution in [0.15, 0.2) is 41.1 Å². The number of hydrogen-bond acceptors (Lipinski definition) is 2. The molecular weight excluding hydrogens is 339 g/mol. The van der Waals surface area contributed by atoms with Crippen LogP contribution < -0.4 is 5.32 Å². The van der Waals surface area contributed by atoms with Crippen LogP contribution >= 0.6 is 39.1 Å². The molecule has 0 aliphatic heterocycles. The fourth-order valence-electron chi connectivity index (χ4n) is 1.34. The molecule has 2 rings (SSSR count). The Morgan fingerprint density at radius 1 is 1.28 bits per heavy atom. The van der Waals surface area contributed by atoms with E-state index in [1.807, 2.05) is 0 Å². The first kappa shape index (κ1) is 13.3. The van der Waals surface area contributed by atoms with Crippen molar-refractivity contribution in [2.45, 2.75) is 0 Å². The monoisotopic (exact) mass is 344 g/mol. The quantitative estimate of drug-likeness (QED) is 0.876. The molecule has 0 atom stereocenters. The van der Waals surface area contributed by atoms with E-state index in [0.717, 1.165) is 0 Å². The Labute approximate surface area is 122 Å². The highest BCUT2D eigenvalue weighted by atomic mass is 79.9. The molecule has 3 nitrogen and oxygen atoms in total. The SMILES string of the molecule is O=C(Nc1cnccc1Cl)c1cccc(Br)c1Cl. The Morgan fingerprint density at radius 3 is 2.78 bits per heavy atom. The van der Waals surface area contributed by atoms with Gasteiger partial charge in [0.1, 0.15) is 0 Å². The van der Waals surface area contributed by atoms with Gasteiger partial charge < -0.3 is 5.32 Å². The van der Waals surface area contributed by atoms with Crippen molar-refractivity contribution < 1.29 is 4.79 Å². The lowest BCUT2D eigenvalue weighted by Crippen LogP contribution is -2.13. The third-order valence-electron chi connectivity index (χ3n) is 2.21. The second kappa shape index (κ2) is 5.69. The molecule has 0 unspecified atom stereocenters. The zero-order valence-electron chi connectivity index (χ0n) is 8.95. The number of carbonyl (C=O) groups is 1. The van der Waals surface area contributed by atoms with Gasteiger partial charge in [0.15, 0.2) is 0 Å². The average molecular weight is 346 g/mol. The van der Waals surface area contributed by atoms with Gasteiger partial charge in [-0.25, -0.2) is 0 Å². The van der Waals surface area contributed by atoms with Crippen LogP contribution in [0.25, 0.3) is 0 Å². The summed E-state index contributed by atoms with van der Waals surface area (Å²) in [5.41, 5.74) is 0.811. The van der Waals surface area contributed by atoms with Gasteiger partial charge in [-0.05, 0) is 34.1 Å². The lowest BCUT2D eigenvalue weighted by atomic mass is 10.2. The van der Waals surface area contributed by atoms with Crippen molar-refractivity contribution in [1.82, 2.24) is 4.98 Å². The van der Waals surface area contributed by atoms with Crippen molar-refractivity contribution in [3.8, 4) is 0 Å². The Hall–Kier alpha value is -1.10. The molecule has 0 saturated carbocycles. The van der Waals surface area contributed by atoms with Crippen LogP contribution in [-0.2, 0) is 0 Å². The topological polar surface area (TPSA) is 42.0 Å². The number of amides is 1. The molecule has 0 bridgehead atoms. The molecule has 6 heteroatoms. The zero-order chi connectivity index (χ0) is 13.1. The van der Waals surface area contributed by atoms with Gasteiger partial charge >= 0.3 is 0 Å². The van der Waals surface area contributed by atoms with Gasteiger partial charge in [-0.15, -0.1) is 0 Å². The van der Waals surface area contributed by atoms with E-state index in [1.165, 1.54) is 6.20 Å². The van der Waals surface area contributed by atoms with Gasteiger partial charge in [-0.2, -0.15) is 0 Å². The van der Waals surface area contributed by atoms with E-state index in [1.54, 1.807) is 30.5 Å². The van der Waals surface area contributed by atoms with Gasteiger partial charge in [-0.3, -0.25) is 9.78 Å². The van der Waals surface area contributed by atoms with E-state index >= 15 is 0 Å². The van der Waals surface area contributed by atoms with Crippen molar-refractivity contribution in [1.29, 1.82) is 0 Å². The second-order valence-electron chi connectivity index (χ2n) is 3.41. The maximum absolute atomic E-state index is 12.0. The molecular formula is C12H7BrCl2N2O. The molecule has 0 aliphatic rings. The third-order valence-corrected chi connectivity index (χ3v) is 3.84. The molecule has 1 amide bonds. The maximum Gasteiger partial charge on any atom is 0.257 e. The van der Waals surface area contributed by atoms with Gasteiger partial charge in [0.25, 0.3) is 5.91 Å². The number of hydrogen-bond donors (Lipinski definition) is 1. The number of aromatic nitrogens is 1. The summed E-state index contributed by atoms with van der Waals surface area (Å²) in [6.45, 7) is 0. The highest BCUT2D eigenvalue weighted by Crippen LogP contribution is 2.27. The first-order valence-corrected chi connectivity index (χ1v) is 6.49. The summed E-state index contributed by atoms with van der Waals surface area (Å²) in [6.07, 6.45) is 3.02. The van der Waals surface area contributed by atoms with Gasteiger partial charge in [-0.1, -0.05) is 29.3 Å². The minimum atomic E-state index is -0.337. The molecule has 0 fully saturated rings. The largest absolute Gasteiger partial charge is 0.319 e. The van der Waals surface area contributed by atoms with Crippen LogP contribution in [0, 0.1) is 0 Å². The van der Waals surface area contributed by atoms with Crippen molar-refractivity contribution in [3.63, 3.8) is 0 Å². The molecule has 2 aromatic rings. The normalized spacial score (nSPS) is 10.2. The highest BCUT2D eigenvalue weighted by Gasteiger charge is 2.13. The van der Waals surface area contributed by atoms with Crippen LogP contribution in [0.3, 0.4) is 0 Å². The number of benzene rings is 1. The van der Waals surface area contributed by atoms with E-state index in [4.69, 9.17) is 23.2 Å². The highest BCUT2D eigenvalue weighted by molar-refractivity contribution is 9.10. The van der Waals surface area contributed by atoms with Gasteiger partial charge in [0.05, 0.1) is 27.5 Å². The molecule has 0 saturated heterocycles. The predicted molar refractivity (Wildman–Crippen MR) is 76.4 cm³/mol. The lowest BCUT2D eigenvalue weighted by molar-refractivity contribution is 0.102. The Morgan fingerprint density at radius 2 is 2.06 bits per heavy atom. The lowest BCUT2D eigenvalue weighted by Gasteiger charge is -2.08. The second-order valence-corrected chi connectivity index (χ2v) is 5.05. The Balaban J connectivity index is 2.28. The number of rotatable bonds is 2. The van der Waals surface area contributed by atoms with Crippen LogP contribution in [0.1, 0.15) is 10.4 Å². The molecule has 1 aromatic heterocycles. The summed E-state index contributed by atoms with van der Waals surface area (Å²) in [6, 6.07) is 6.72. The molecule has 0 aliphatic carbocycles. The van der Waals surface area contributed by atoms with E-state index in [0.29, 0.717) is 25.8 Å². The molecule has 1 aromatic carbocycles. The number of carbonyl (C=O) groups excluding carboxylic acids is 1. The average Bonchev–Trinajstić information content (AvgIpc) is 2.35. The minimum Gasteiger partial charge on any atom is -0.319 e.